The van der Waals surface area contributed by atoms with Crippen LogP contribution in [-0.4, -0.2) is 68.3 Å². The summed E-state index contributed by atoms with van der Waals surface area (Å²) in [7, 11) is 3.38. The Hall–Kier alpha value is -3.55. The van der Waals surface area contributed by atoms with E-state index in [-0.39, 0.29) is 18.1 Å². The van der Waals surface area contributed by atoms with E-state index in [4.69, 9.17) is 14.2 Å². The number of nitrogens with zero attached hydrogens (tertiary/aromatic N) is 2. The summed E-state index contributed by atoms with van der Waals surface area (Å²) in [6.45, 7) is 5.79. The van der Waals surface area contributed by atoms with Gasteiger partial charge in [0.05, 0.1) is 14.2 Å². The normalized spacial score (nSPS) is 17.4. The number of ether oxygens (including phenoxy) is 3. The first kappa shape index (κ1) is 28.0. The van der Waals surface area contributed by atoms with E-state index in [0.29, 0.717) is 5.56 Å². The number of methoxy groups -OCH3 is 2. The van der Waals surface area contributed by atoms with Crippen LogP contribution >= 0.6 is 0 Å². The van der Waals surface area contributed by atoms with Crippen LogP contribution in [0.25, 0.3) is 0 Å². The van der Waals surface area contributed by atoms with Crippen molar-refractivity contribution in [2.75, 3.05) is 40.4 Å². The van der Waals surface area contributed by atoms with Crippen LogP contribution in [0.4, 0.5) is 0 Å². The Bertz CT molecular complexity index is 1220. The Kier molecular flexibility index (Phi) is 9.58. The summed E-state index contributed by atoms with van der Waals surface area (Å²) in [6, 6.07) is 24.4. The average molecular weight is 544 g/mol. The van der Waals surface area contributed by atoms with Gasteiger partial charge in [-0.25, -0.2) is 0 Å². The minimum Gasteiger partial charge on any atom is -0.497 e. The Labute approximate surface area is 238 Å². The maximum Gasteiger partial charge on any atom is 0.251 e. The molecule has 0 saturated carbocycles. The quantitative estimate of drug-likeness (QED) is 0.382. The van der Waals surface area contributed by atoms with Gasteiger partial charge in [0.2, 0.25) is 0 Å². The molecular formula is C33H41N3O4. The third kappa shape index (κ3) is 7.77. The van der Waals surface area contributed by atoms with Gasteiger partial charge in [-0.1, -0.05) is 30.3 Å². The summed E-state index contributed by atoms with van der Waals surface area (Å²) in [4.78, 5) is 18.0. The van der Waals surface area contributed by atoms with Crippen molar-refractivity contribution in [2.24, 2.45) is 0 Å². The Balaban J connectivity index is 1.04. The van der Waals surface area contributed by atoms with Crippen LogP contribution in [0.2, 0.25) is 0 Å². The van der Waals surface area contributed by atoms with Crippen LogP contribution in [-0.2, 0) is 13.1 Å². The highest BCUT2D eigenvalue weighted by atomic mass is 16.5. The summed E-state index contributed by atoms with van der Waals surface area (Å²) in [5.74, 6) is 2.52. The molecule has 0 aliphatic carbocycles. The van der Waals surface area contributed by atoms with Gasteiger partial charge in [0.15, 0.2) is 0 Å². The zero-order valence-corrected chi connectivity index (χ0v) is 23.7. The van der Waals surface area contributed by atoms with Gasteiger partial charge in [-0.3, -0.25) is 14.6 Å². The lowest BCUT2D eigenvalue weighted by Crippen LogP contribution is -2.44. The number of hydrogen-bond donors (Lipinski definition) is 1. The Morgan fingerprint density at radius 2 is 1.25 bits per heavy atom. The van der Waals surface area contributed by atoms with Gasteiger partial charge in [0.25, 0.3) is 5.91 Å². The average Bonchev–Trinajstić information content (AvgIpc) is 3.00. The van der Waals surface area contributed by atoms with Crippen LogP contribution in [0.5, 0.6) is 17.2 Å². The molecule has 7 nitrogen and oxygen atoms in total. The molecule has 0 radical (unpaired) electrons. The van der Waals surface area contributed by atoms with Crippen molar-refractivity contribution in [3.63, 3.8) is 0 Å². The maximum atomic E-state index is 13.0. The third-order valence-corrected chi connectivity index (χ3v) is 7.99. The van der Waals surface area contributed by atoms with Gasteiger partial charge in [-0.2, -0.15) is 0 Å². The zero-order valence-electron chi connectivity index (χ0n) is 23.7. The molecule has 5 rings (SSSR count). The summed E-state index contributed by atoms with van der Waals surface area (Å²) < 4.78 is 16.8. The number of likely N-dealkylation sites (tertiary alicyclic amines) is 2. The van der Waals surface area contributed by atoms with E-state index in [2.05, 4.69) is 39.4 Å². The number of piperidine rings is 2. The van der Waals surface area contributed by atoms with E-state index in [1.54, 1.807) is 14.2 Å². The first-order chi connectivity index (χ1) is 19.6. The van der Waals surface area contributed by atoms with Gasteiger partial charge in [-0.15, -0.1) is 0 Å². The molecule has 0 bridgehead atoms. The van der Waals surface area contributed by atoms with E-state index >= 15 is 0 Å². The number of nitrogens with one attached hydrogen (secondary N) is 1. The molecule has 2 fully saturated rings. The van der Waals surface area contributed by atoms with E-state index in [0.717, 1.165) is 82.2 Å². The molecule has 1 N–H and O–H groups in total. The molecule has 0 spiro atoms. The smallest absolute Gasteiger partial charge is 0.251 e. The maximum absolute atomic E-state index is 13.0. The lowest BCUT2D eigenvalue weighted by molar-refractivity contribution is 0.0900. The molecular weight excluding hydrogens is 502 g/mol. The fraction of sp³-hybridized carbons (Fsp3) is 0.424. The van der Waals surface area contributed by atoms with Crippen LogP contribution in [0.1, 0.15) is 47.2 Å². The molecule has 0 atom stereocenters. The highest BCUT2D eigenvalue weighted by Gasteiger charge is 2.23. The van der Waals surface area contributed by atoms with Crippen LogP contribution < -0.4 is 19.5 Å². The zero-order chi connectivity index (χ0) is 27.7. The summed E-state index contributed by atoms with van der Waals surface area (Å²) in [6.07, 6.45) is 4.02. The second-order valence-electron chi connectivity index (χ2n) is 10.8. The molecule has 212 valence electrons. The van der Waals surface area contributed by atoms with Crippen molar-refractivity contribution in [1.82, 2.24) is 15.1 Å². The third-order valence-electron chi connectivity index (χ3n) is 7.99. The first-order valence-corrected chi connectivity index (χ1v) is 14.4. The predicted molar refractivity (Wildman–Crippen MR) is 157 cm³/mol. The SMILES string of the molecule is COc1ccc(CN2CCC(NC(=O)c3cccc(OC4CCN(Cc5ccc(OC)cc5)CC4)c3)CC2)cc1. The number of benzene rings is 3. The predicted octanol–water partition coefficient (Wildman–Crippen LogP) is 5.14. The van der Waals surface area contributed by atoms with Gasteiger partial charge in [-0.05, 0) is 79.3 Å². The molecule has 2 aliphatic rings. The van der Waals surface area contributed by atoms with Crippen molar-refractivity contribution in [2.45, 2.75) is 50.9 Å². The molecule has 7 heteroatoms. The minimum absolute atomic E-state index is 0.0200. The second kappa shape index (κ2) is 13.7. The van der Waals surface area contributed by atoms with E-state index in [1.165, 1.54) is 11.1 Å². The van der Waals surface area contributed by atoms with Crippen LogP contribution in [0.3, 0.4) is 0 Å². The molecule has 2 aliphatic heterocycles. The van der Waals surface area contributed by atoms with Crippen molar-refractivity contribution < 1.29 is 19.0 Å². The van der Waals surface area contributed by atoms with Gasteiger partial charge >= 0.3 is 0 Å². The highest BCUT2D eigenvalue weighted by molar-refractivity contribution is 5.94. The topological polar surface area (TPSA) is 63.3 Å². The van der Waals surface area contributed by atoms with E-state index < -0.39 is 0 Å². The second-order valence-corrected chi connectivity index (χ2v) is 10.8. The lowest BCUT2D eigenvalue weighted by Gasteiger charge is -2.32. The Morgan fingerprint density at radius 3 is 1.77 bits per heavy atom. The molecule has 2 heterocycles. The number of hydrogen-bond acceptors (Lipinski definition) is 6. The minimum atomic E-state index is -0.0200. The molecule has 2 saturated heterocycles. The van der Waals surface area contributed by atoms with E-state index in [1.807, 2.05) is 48.5 Å². The van der Waals surface area contributed by atoms with Crippen molar-refractivity contribution in [3.8, 4) is 17.2 Å². The number of carbonyl (C=O) groups excluding carboxylic acids is 1. The number of rotatable bonds is 10. The first-order valence-electron chi connectivity index (χ1n) is 14.4. The monoisotopic (exact) mass is 543 g/mol. The standard InChI is InChI=1S/C33H41N3O4/c1-38-29-10-6-25(7-11-29)23-35-18-14-28(15-19-35)34-33(37)27-4-3-5-32(22-27)40-31-16-20-36(21-17-31)24-26-8-12-30(39-2)13-9-26/h3-13,22,28,31H,14-21,23-24H2,1-2H3,(H,34,37). The van der Waals surface area contributed by atoms with Gasteiger partial charge < -0.3 is 19.5 Å². The van der Waals surface area contributed by atoms with Gasteiger partial charge in [0.1, 0.15) is 23.4 Å². The molecule has 1 amide bonds. The van der Waals surface area contributed by atoms with Gasteiger partial charge in [0, 0.05) is 50.9 Å². The fourth-order valence-electron chi connectivity index (χ4n) is 5.57. The van der Waals surface area contributed by atoms with Crippen LogP contribution in [0, 0.1) is 0 Å². The lowest BCUT2D eigenvalue weighted by atomic mass is 10.0. The molecule has 3 aromatic carbocycles. The Morgan fingerprint density at radius 1 is 0.725 bits per heavy atom. The molecule has 3 aromatic rings. The van der Waals surface area contributed by atoms with E-state index in [9.17, 15) is 4.79 Å². The highest BCUT2D eigenvalue weighted by Crippen LogP contribution is 2.23. The summed E-state index contributed by atoms with van der Waals surface area (Å²) in [5.41, 5.74) is 3.24. The molecule has 0 unspecified atom stereocenters. The van der Waals surface area contributed by atoms with Crippen LogP contribution in [0.15, 0.2) is 72.8 Å². The number of amides is 1. The summed E-state index contributed by atoms with van der Waals surface area (Å²) in [5, 5.41) is 3.25. The number of carbonyl (C=O) groups is 1. The van der Waals surface area contributed by atoms with Crippen molar-refractivity contribution in [1.29, 1.82) is 0 Å². The molecule has 0 aromatic heterocycles. The van der Waals surface area contributed by atoms with Crippen molar-refractivity contribution in [3.05, 3.63) is 89.5 Å². The largest absolute Gasteiger partial charge is 0.497 e. The molecule has 40 heavy (non-hydrogen) atoms. The van der Waals surface area contributed by atoms with Crippen molar-refractivity contribution >= 4 is 5.91 Å². The summed E-state index contributed by atoms with van der Waals surface area (Å²) >= 11 is 0. The fourth-order valence-corrected chi connectivity index (χ4v) is 5.57.